The van der Waals surface area contributed by atoms with Gasteiger partial charge in [0.2, 0.25) is 5.91 Å². The minimum Gasteiger partial charge on any atom is -0.336 e. The molecular formula is C37H37BF2N4O2. The lowest BCUT2D eigenvalue weighted by atomic mass is 9.93. The molecule has 0 aliphatic carbocycles. The third-order valence-electron chi connectivity index (χ3n) is 8.41. The molecule has 0 bridgehead atoms. The van der Waals surface area contributed by atoms with Crippen molar-refractivity contribution in [3.63, 3.8) is 0 Å². The van der Waals surface area contributed by atoms with Gasteiger partial charge in [0, 0.05) is 26.1 Å². The van der Waals surface area contributed by atoms with Crippen LogP contribution in [0.1, 0.15) is 30.8 Å². The average Bonchev–Trinajstić information content (AvgIpc) is 3.07. The molecule has 0 aliphatic rings. The fourth-order valence-corrected chi connectivity index (χ4v) is 5.65. The molecule has 0 spiro atoms. The summed E-state index contributed by atoms with van der Waals surface area (Å²) in [6, 6.07) is 26.9. The summed E-state index contributed by atoms with van der Waals surface area (Å²) in [7, 11) is 5.85. The molecule has 0 aliphatic heterocycles. The van der Waals surface area contributed by atoms with Crippen LogP contribution in [-0.4, -0.2) is 59.3 Å². The number of aromatic nitrogens is 2. The van der Waals surface area contributed by atoms with Crippen molar-refractivity contribution in [1.29, 1.82) is 0 Å². The van der Waals surface area contributed by atoms with Gasteiger partial charge in [-0.2, -0.15) is 4.98 Å². The average molecular weight is 619 g/mol. The Balaban J connectivity index is 1.44. The summed E-state index contributed by atoms with van der Waals surface area (Å²) < 4.78 is 30.1. The Kier molecular flexibility index (Phi) is 10.8. The number of aryl methyl sites for hydroxylation is 2. The molecule has 1 aromatic heterocycles. The lowest BCUT2D eigenvalue weighted by Gasteiger charge is -2.28. The van der Waals surface area contributed by atoms with Gasteiger partial charge in [0.05, 0.1) is 10.9 Å². The highest BCUT2D eigenvalue weighted by atomic mass is 19.2. The molecule has 4 aromatic carbocycles. The number of amides is 1. The number of hydrogen-bond donors (Lipinski definition) is 0. The maximum absolute atomic E-state index is 14.5. The number of fused-ring (bicyclic) bond motifs is 1. The third kappa shape index (κ3) is 7.77. The lowest BCUT2D eigenvalue weighted by Crippen LogP contribution is -2.40. The second kappa shape index (κ2) is 15.1. The van der Waals surface area contributed by atoms with E-state index in [0.29, 0.717) is 41.8 Å². The lowest BCUT2D eigenvalue weighted by molar-refractivity contribution is -0.132. The molecule has 0 saturated carbocycles. The summed E-state index contributed by atoms with van der Waals surface area (Å²) in [5, 5.41) is 0.393. The molecule has 2 radical (unpaired) electrons. The fraction of sp³-hybridized carbons (Fsp3) is 0.270. The predicted molar refractivity (Wildman–Crippen MR) is 180 cm³/mol. The number of halogens is 2. The molecule has 0 saturated heterocycles. The second-order valence-electron chi connectivity index (χ2n) is 11.3. The Hall–Kier alpha value is -4.63. The molecule has 1 heterocycles. The first-order chi connectivity index (χ1) is 22.3. The van der Waals surface area contributed by atoms with Crippen molar-refractivity contribution >= 4 is 30.1 Å². The molecule has 0 unspecified atom stereocenters. The summed E-state index contributed by atoms with van der Waals surface area (Å²) in [5.74, 6) is -1.64. The summed E-state index contributed by atoms with van der Waals surface area (Å²) in [6.07, 6.45) is 0.272. The maximum Gasteiger partial charge on any atom is 0.280 e. The van der Waals surface area contributed by atoms with E-state index in [0.717, 1.165) is 35.8 Å². The van der Waals surface area contributed by atoms with Crippen molar-refractivity contribution in [1.82, 2.24) is 19.4 Å². The highest BCUT2D eigenvalue weighted by molar-refractivity contribution is 6.32. The Bertz CT molecular complexity index is 1860. The highest BCUT2D eigenvalue weighted by Gasteiger charge is 2.20. The first-order valence-electron chi connectivity index (χ1n) is 15.6. The van der Waals surface area contributed by atoms with E-state index < -0.39 is 17.2 Å². The number of nitrogens with zero attached hydrogens (tertiary/aromatic N) is 4. The van der Waals surface area contributed by atoms with Crippen LogP contribution >= 0.6 is 0 Å². The van der Waals surface area contributed by atoms with E-state index in [9.17, 15) is 18.4 Å². The van der Waals surface area contributed by atoms with Crippen molar-refractivity contribution in [2.45, 2.75) is 39.8 Å². The standard InChI is InChI=1S/C37H37BF2N4O2/c1-3-42(4-2)22-23-43(24-26-12-14-27(15-13-26)28-16-19-30(38)20-17-28)35(45)25-44-33-11-6-5-9-31(33)37(46)41-34(44)21-18-29-8-7-10-32(39)36(29)40/h5-17,19-20H,3-4,18,21-25H2,1-2H3. The Morgan fingerprint density at radius 2 is 1.50 bits per heavy atom. The minimum atomic E-state index is -0.929. The number of likely N-dealkylation sites (N-methyl/N-ethyl adjacent to an activating group) is 1. The van der Waals surface area contributed by atoms with Crippen molar-refractivity contribution in [2.75, 3.05) is 26.2 Å². The van der Waals surface area contributed by atoms with Crippen molar-refractivity contribution in [3.8, 4) is 11.1 Å². The van der Waals surface area contributed by atoms with Gasteiger partial charge >= 0.3 is 0 Å². The molecule has 0 atom stereocenters. The summed E-state index contributed by atoms with van der Waals surface area (Å²) in [4.78, 5) is 35.5. The molecule has 9 heteroatoms. The van der Waals surface area contributed by atoms with Gasteiger partial charge in [-0.15, -0.1) is 0 Å². The van der Waals surface area contributed by atoms with Crippen molar-refractivity contribution in [3.05, 3.63) is 130 Å². The zero-order valence-corrected chi connectivity index (χ0v) is 26.3. The van der Waals surface area contributed by atoms with Crippen molar-refractivity contribution < 1.29 is 13.6 Å². The largest absolute Gasteiger partial charge is 0.336 e. The number of benzene rings is 4. The quantitative estimate of drug-likeness (QED) is 0.168. The molecule has 46 heavy (non-hydrogen) atoms. The van der Waals surface area contributed by atoms with Gasteiger partial charge < -0.3 is 14.4 Å². The van der Waals surface area contributed by atoms with Gasteiger partial charge in [-0.1, -0.05) is 92.1 Å². The van der Waals surface area contributed by atoms with Crippen LogP contribution in [0.5, 0.6) is 0 Å². The topological polar surface area (TPSA) is 58.4 Å². The number of carbonyl (C=O) groups excluding carboxylic acids is 1. The molecule has 0 N–H and O–H groups in total. The van der Waals surface area contributed by atoms with Crippen LogP contribution in [0.4, 0.5) is 8.78 Å². The number of para-hydroxylation sites is 1. The van der Waals surface area contributed by atoms with Crippen LogP contribution in [0.3, 0.4) is 0 Å². The van der Waals surface area contributed by atoms with Gasteiger partial charge in [-0.05, 0) is 60.0 Å². The molecule has 1 amide bonds. The van der Waals surface area contributed by atoms with Gasteiger partial charge in [0.15, 0.2) is 11.6 Å². The Labute approximate surface area is 269 Å². The van der Waals surface area contributed by atoms with Gasteiger partial charge in [0.1, 0.15) is 20.2 Å². The maximum atomic E-state index is 14.5. The molecule has 0 fully saturated rings. The summed E-state index contributed by atoms with van der Waals surface area (Å²) in [6.45, 7) is 7.48. The summed E-state index contributed by atoms with van der Waals surface area (Å²) in [5.41, 5.74) is 4.13. The molecule has 5 aromatic rings. The van der Waals surface area contributed by atoms with Crippen LogP contribution < -0.4 is 11.0 Å². The smallest absolute Gasteiger partial charge is 0.280 e. The van der Waals surface area contributed by atoms with E-state index in [-0.39, 0.29) is 30.9 Å². The van der Waals surface area contributed by atoms with Gasteiger partial charge in [0.25, 0.3) is 5.56 Å². The van der Waals surface area contributed by atoms with E-state index in [1.165, 1.54) is 12.1 Å². The van der Waals surface area contributed by atoms with Crippen LogP contribution in [0.2, 0.25) is 0 Å². The zero-order valence-electron chi connectivity index (χ0n) is 26.3. The summed E-state index contributed by atoms with van der Waals surface area (Å²) >= 11 is 0. The zero-order chi connectivity index (χ0) is 32.6. The van der Waals surface area contributed by atoms with Gasteiger partial charge in [-0.25, -0.2) is 8.78 Å². The Morgan fingerprint density at radius 1 is 0.826 bits per heavy atom. The highest BCUT2D eigenvalue weighted by Crippen LogP contribution is 2.21. The first-order valence-corrected chi connectivity index (χ1v) is 15.6. The van der Waals surface area contributed by atoms with Crippen LogP contribution in [0, 0.1) is 11.6 Å². The Morgan fingerprint density at radius 3 is 2.20 bits per heavy atom. The van der Waals surface area contributed by atoms with E-state index in [2.05, 4.69) is 23.7 Å². The van der Waals surface area contributed by atoms with E-state index in [1.807, 2.05) is 53.4 Å². The fourth-order valence-electron chi connectivity index (χ4n) is 5.65. The van der Waals surface area contributed by atoms with Crippen LogP contribution in [-0.2, 0) is 30.7 Å². The van der Waals surface area contributed by atoms with E-state index in [1.54, 1.807) is 28.8 Å². The SMILES string of the molecule is [B]c1ccc(-c2ccc(CN(CCN(CC)CC)C(=O)Cn3c(CCc4cccc(F)c4F)nc(=O)c4ccccc43)cc2)cc1. The van der Waals surface area contributed by atoms with E-state index >= 15 is 0 Å². The minimum absolute atomic E-state index is 0.0590. The molecule has 5 rings (SSSR count). The molecular weight excluding hydrogens is 581 g/mol. The van der Waals surface area contributed by atoms with Crippen LogP contribution in [0.15, 0.2) is 95.8 Å². The predicted octanol–water partition coefficient (Wildman–Crippen LogP) is 5.29. The van der Waals surface area contributed by atoms with Gasteiger partial charge in [-0.3, -0.25) is 9.59 Å². The molecule has 234 valence electrons. The van der Waals surface area contributed by atoms with E-state index in [4.69, 9.17) is 7.85 Å². The van der Waals surface area contributed by atoms with Crippen molar-refractivity contribution in [2.24, 2.45) is 0 Å². The monoisotopic (exact) mass is 618 g/mol. The number of carbonyl (C=O) groups is 1. The third-order valence-corrected chi connectivity index (χ3v) is 8.41. The first kappa shape index (κ1) is 32.8. The van der Waals surface area contributed by atoms with Crippen LogP contribution in [0.25, 0.3) is 22.0 Å². The number of hydrogen-bond acceptors (Lipinski definition) is 4. The molecule has 6 nitrogen and oxygen atoms in total. The second-order valence-corrected chi connectivity index (χ2v) is 11.3. The number of rotatable bonds is 13. The normalized spacial score (nSPS) is 11.3.